The number of nitrogens with zero attached hydrogens (tertiary/aromatic N) is 1. The van der Waals surface area contributed by atoms with Crippen LogP contribution in [0, 0.1) is 0 Å². The van der Waals surface area contributed by atoms with Crippen molar-refractivity contribution in [3.8, 4) is 0 Å². The van der Waals surface area contributed by atoms with E-state index < -0.39 is 5.97 Å². The highest BCUT2D eigenvalue weighted by Gasteiger charge is 2.19. The normalized spacial score (nSPS) is 12.1. The number of thiophene rings is 1. The Morgan fingerprint density at radius 2 is 2.21 bits per heavy atom. The van der Waals surface area contributed by atoms with Gasteiger partial charge in [0.05, 0.1) is 11.5 Å². The van der Waals surface area contributed by atoms with Gasteiger partial charge in [-0.2, -0.15) is 11.3 Å². The van der Waals surface area contributed by atoms with Crippen LogP contribution in [0.1, 0.15) is 19.4 Å². The van der Waals surface area contributed by atoms with Gasteiger partial charge in [0.1, 0.15) is 0 Å². The summed E-state index contributed by atoms with van der Waals surface area (Å²) in [5.74, 6) is -0.667. The van der Waals surface area contributed by atoms with Gasteiger partial charge in [0.15, 0.2) is 0 Å². The minimum atomic E-state index is -0.882. The molecule has 1 N–H and O–H groups in total. The molecule has 6 heteroatoms. The second kappa shape index (κ2) is 8.22. The Kier molecular flexibility index (Phi) is 6.94. The molecule has 1 heterocycles. The van der Waals surface area contributed by atoms with Crippen LogP contribution < -0.4 is 0 Å². The molecule has 1 unspecified atom stereocenters. The monoisotopic (exact) mass is 301 g/mol. The third kappa shape index (κ3) is 5.65. The maximum Gasteiger partial charge on any atom is 0.313 e. The molecule has 1 aromatic heterocycles. The largest absolute Gasteiger partial charge is 0.481 e. The van der Waals surface area contributed by atoms with Crippen LogP contribution in [0.5, 0.6) is 0 Å². The molecule has 0 aliphatic heterocycles. The van der Waals surface area contributed by atoms with Crippen molar-refractivity contribution < 1.29 is 14.7 Å². The highest BCUT2D eigenvalue weighted by atomic mass is 32.2. The summed E-state index contributed by atoms with van der Waals surface area (Å²) in [6.07, 6.45) is 0.840. The van der Waals surface area contributed by atoms with Crippen LogP contribution in [0.15, 0.2) is 16.8 Å². The number of carbonyl (C=O) groups excluding carboxylic acids is 1. The van der Waals surface area contributed by atoms with Crippen molar-refractivity contribution >= 4 is 35.0 Å². The summed E-state index contributed by atoms with van der Waals surface area (Å²) in [4.78, 5) is 24.3. The van der Waals surface area contributed by atoms with Crippen LogP contribution in [0.25, 0.3) is 0 Å². The van der Waals surface area contributed by atoms with E-state index in [1.807, 2.05) is 24.1 Å². The lowest BCUT2D eigenvalue weighted by Gasteiger charge is -2.28. The maximum absolute atomic E-state index is 12.0. The van der Waals surface area contributed by atoms with E-state index in [1.165, 1.54) is 5.56 Å². The number of hydrogen-bond acceptors (Lipinski definition) is 4. The molecule has 0 saturated carbocycles. The van der Waals surface area contributed by atoms with Gasteiger partial charge in [0.2, 0.25) is 5.91 Å². The van der Waals surface area contributed by atoms with Crippen LogP contribution in [0.2, 0.25) is 0 Å². The second-order valence-corrected chi connectivity index (χ2v) is 6.02. The lowest BCUT2D eigenvalue weighted by Crippen LogP contribution is -2.40. The van der Waals surface area contributed by atoms with Crippen molar-refractivity contribution in [2.75, 3.05) is 18.1 Å². The summed E-state index contributed by atoms with van der Waals surface area (Å²) in [6.45, 7) is 4.63. The van der Waals surface area contributed by atoms with Crippen LogP contribution in [-0.2, 0) is 16.0 Å². The molecule has 1 aromatic rings. The quantitative estimate of drug-likeness (QED) is 0.801. The Labute approximate surface area is 121 Å². The zero-order chi connectivity index (χ0) is 14.3. The summed E-state index contributed by atoms with van der Waals surface area (Å²) >= 11 is 2.80. The van der Waals surface area contributed by atoms with Crippen molar-refractivity contribution in [2.45, 2.75) is 26.3 Å². The van der Waals surface area contributed by atoms with Crippen LogP contribution in [0.4, 0.5) is 0 Å². The molecule has 19 heavy (non-hydrogen) atoms. The highest BCUT2D eigenvalue weighted by molar-refractivity contribution is 8.00. The number of amides is 1. The van der Waals surface area contributed by atoms with Gasteiger partial charge in [0, 0.05) is 12.6 Å². The zero-order valence-corrected chi connectivity index (χ0v) is 12.8. The molecule has 1 rings (SSSR count). The molecular formula is C13H19NO3S2. The van der Waals surface area contributed by atoms with Gasteiger partial charge in [-0.1, -0.05) is 0 Å². The van der Waals surface area contributed by atoms with E-state index in [2.05, 4.69) is 11.4 Å². The maximum atomic E-state index is 12.0. The minimum Gasteiger partial charge on any atom is -0.481 e. The topological polar surface area (TPSA) is 57.6 Å². The van der Waals surface area contributed by atoms with E-state index in [4.69, 9.17) is 5.11 Å². The lowest BCUT2D eigenvalue weighted by atomic mass is 10.1. The average molecular weight is 301 g/mol. The van der Waals surface area contributed by atoms with E-state index in [-0.39, 0.29) is 23.5 Å². The predicted octanol–water partition coefficient (Wildman–Crippen LogP) is 2.35. The summed E-state index contributed by atoms with van der Waals surface area (Å²) in [6, 6.07) is 2.20. The third-order valence-corrected chi connectivity index (χ3v) is 4.39. The predicted molar refractivity (Wildman–Crippen MR) is 79.8 cm³/mol. The fourth-order valence-electron chi connectivity index (χ4n) is 1.90. The van der Waals surface area contributed by atoms with Gasteiger partial charge < -0.3 is 10.0 Å². The highest BCUT2D eigenvalue weighted by Crippen LogP contribution is 2.13. The Hall–Kier alpha value is -1.01. The summed E-state index contributed by atoms with van der Waals surface area (Å²) in [5, 5.41) is 12.7. The van der Waals surface area contributed by atoms with E-state index in [9.17, 15) is 9.59 Å². The molecule has 0 saturated heterocycles. The molecule has 1 amide bonds. The molecule has 0 spiro atoms. The number of hydrogen-bond donors (Lipinski definition) is 1. The molecule has 106 valence electrons. The standard InChI is InChI=1S/C13H19NO3S2/c1-3-14(12(15)8-19-9-13(16)17)10(2)6-11-4-5-18-7-11/h4-5,7,10H,3,6,8-9H2,1-2H3,(H,16,17). The first kappa shape index (κ1) is 16.0. The number of aliphatic carboxylic acids is 1. The number of thioether (sulfide) groups is 1. The SMILES string of the molecule is CCN(C(=O)CSCC(=O)O)C(C)Cc1ccsc1. The van der Waals surface area contributed by atoms with E-state index in [0.29, 0.717) is 6.54 Å². The molecule has 1 atom stereocenters. The van der Waals surface area contributed by atoms with Gasteiger partial charge >= 0.3 is 5.97 Å². The van der Waals surface area contributed by atoms with Crippen molar-refractivity contribution in [3.63, 3.8) is 0 Å². The second-order valence-electron chi connectivity index (χ2n) is 4.25. The molecule has 0 aromatic carbocycles. The van der Waals surface area contributed by atoms with Crippen LogP contribution in [-0.4, -0.2) is 46.0 Å². The number of carboxylic acid groups (broad SMARTS) is 1. The Morgan fingerprint density at radius 1 is 1.47 bits per heavy atom. The smallest absolute Gasteiger partial charge is 0.313 e. The van der Waals surface area contributed by atoms with Crippen molar-refractivity contribution in [1.29, 1.82) is 0 Å². The summed E-state index contributed by atoms with van der Waals surface area (Å²) < 4.78 is 0. The summed E-state index contributed by atoms with van der Waals surface area (Å²) in [7, 11) is 0. The molecule has 0 aliphatic rings. The molecule has 0 radical (unpaired) electrons. The number of carboxylic acids is 1. The van der Waals surface area contributed by atoms with Crippen molar-refractivity contribution in [1.82, 2.24) is 4.90 Å². The first-order valence-electron chi connectivity index (χ1n) is 6.14. The number of rotatable bonds is 8. The molecular weight excluding hydrogens is 282 g/mol. The Balaban J connectivity index is 2.46. The van der Waals surface area contributed by atoms with E-state index >= 15 is 0 Å². The van der Waals surface area contributed by atoms with Crippen molar-refractivity contribution in [3.05, 3.63) is 22.4 Å². The average Bonchev–Trinajstić information content (AvgIpc) is 2.82. The first-order valence-corrected chi connectivity index (χ1v) is 8.24. The van der Waals surface area contributed by atoms with Crippen LogP contribution >= 0.6 is 23.1 Å². The molecule has 4 nitrogen and oxygen atoms in total. The third-order valence-electron chi connectivity index (χ3n) is 2.76. The Morgan fingerprint density at radius 3 is 2.74 bits per heavy atom. The fraction of sp³-hybridized carbons (Fsp3) is 0.538. The van der Waals surface area contributed by atoms with Gasteiger partial charge in [-0.25, -0.2) is 0 Å². The lowest BCUT2D eigenvalue weighted by molar-refractivity contribution is -0.133. The van der Waals surface area contributed by atoms with E-state index in [0.717, 1.165) is 18.2 Å². The van der Waals surface area contributed by atoms with Gasteiger partial charge in [0.25, 0.3) is 0 Å². The van der Waals surface area contributed by atoms with Crippen LogP contribution in [0.3, 0.4) is 0 Å². The Bertz CT molecular complexity index is 406. The fourth-order valence-corrected chi connectivity index (χ4v) is 3.20. The first-order chi connectivity index (χ1) is 9.04. The molecule has 0 bridgehead atoms. The van der Waals surface area contributed by atoms with Gasteiger partial charge in [-0.15, -0.1) is 11.8 Å². The molecule has 0 aliphatic carbocycles. The number of carbonyl (C=O) groups is 2. The number of likely N-dealkylation sites (N-methyl/N-ethyl adjacent to an activating group) is 1. The van der Waals surface area contributed by atoms with E-state index in [1.54, 1.807) is 11.3 Å². The van der Waals surface area contributed by atoms with Gasteiger partial charge in [-0.3, -0.25) is 9.59 Å². The summed E-state index contributed by atoms with van der Waals surface area (Å²) in [5.41, 5.74) is 1.24. The van der Waals surface area contributed by atoms with Gasteiger partial charge in [-0.05, 0) is 42.7 Å². The minimum absolute atomic E-state index is 0.0106. The van der Waals surface area contributed by atoms with Crippen molar-refractivity contribution in [2.24, 2.45) is 0 Å². The molecule has 0 fully saturated rings. The zero-order valence-electron chi connectivity index (χ0n) is 11.2.